The van der Waals surface area contributed by atoms with Gasteiger partial charge in [0, 0.05) is 24.3 Å². The molecule has 0 unspecified atom stereocenters. The normalized spacial score (nSPS) is 14.7. The smallest absolute Gasteiger partial charge is 0.254 e. The van der Waals surface area contributed by atoms with Crippen molar-refractivity contribution in [2.75, 3.05) is 25.0 Å². The van der Waals surface area contributed by atoms with E-state index >= 15 is 0 Å². The summed E-state index contributed by atoms with van der Waals surface area (Å²) in [5.41, 5.74) is 8.26. The molecule has 1 aliphatic rings. The predicted molar refractivity (Wildman–Crippen MR) is 101 cm³/mol. The van der Waals surface area contributed by atoms with Gasteiger partial charge in [0.05, 0.1) is 13.1 Å². The number of guanidine groups is 1. The third-order valence-electron chi connectivity index (χ3n) is 4.00. The summed E-state index contributed by atoms with van der Waals surface area (Å²) in [4.78, 5) is 29.7. The maximum absolute atomic E-state index is 12.4. The van der Waals surface area contributed by atoms with Gasteiger partial charge in [-0.2, -0.15) is 0 Å². The average Bonchev–Trinajstić information content (AvgIpc) is 2.67. The number of aliphatic imine (C=N–C) groups is 1. The van der Waals surface area contributed by atoms with Gasteiger partial charge < -0.3 is 21.3 Å². The molecule has 134 valence electrons. The van der Waals surface area contributed by atoms with Crippen LogP contribution in [0.25, 0.3) is 0 Å². The molecule has 1 saturated heterocycles. The number of rotatable bonds is 4. The van der Waals surface area contributed by atoms with E-state index in [0.717, 1.165) is 11.3 Å². The SMILES string of the molecule is NC(=NCc1ccc(C(=O)N2CCNC(=O)C2)cc1)Nc1ccccc1. The van der Waals surface area contributed by atoms with Crippen LogP contribution in [0.4, 0.5) is 5.69 Å². The van der Waals surface area contributed by atoms with Crippen LogP contribution in [0, 0.1) is 0 Å². The van der Waals surface area contributed by atoms with E-state index in [2.05, 4.69) is 15.6 Å². The maximum atomic E-state index is 12.4. The molecule has 1 fully saturated rings. The number of carbonyl (C=O) groups is 2. The molecular formula is C19H21N5O2. The van der Waals surface area contributed by atoms with Crippen molar-refractivity contribution in [2.24, 2.45) is 10.7 Å². The zero-order valence-corrected chi connectivity index (χ0v) is 14.3. The van der Waals surface area contributed by atoms with Crippen molar-refractivity contribution >= 4 is 23.5 Å². The van der Waals surface area contributed by atoms with Gasteiger partial charge in [0.15, 0.2) is 5.96 Å². The maximum Gasteiger partial charge on any atom is 0.254 e. The summed E-state index contributed by atoms with van der Waals surface area (Å²) < 4.78 is 0. The van der Waals surface area contributed by atoms with Crippen LogP contribution in [0.15, 0.2) is 59.6 Å². The molecular weight excluding hydrogens is 330 g/mol. The topological polar surface area (TPSA) is 99.8 Å². The summed E-state index contributed by atoms with van der Waals surface area (Å²) >= 11 is 0. The van der Waals surface area contributed by atoms with Crippen LogP contribution in [0.1, 0.15) is 15.9 Å². The van der Waals surface area contributed by atoms with Crippen LogP contribution < -0.4 is 16.4 Å². The number of anilines is 1. The molecule has 0 bridgehead atoms. The first-order chi connectivity index (χ1) is 12.6. The fourth-order valence-corrected chi connectivity index (χ4v) is 2.63. The Balaban J connectivity index is 1.58. The van der Waals surface area contributed by atoms with Crippen molar-refractivity contribution in [3.05, 3.63) is 65.7 Å². The fraction of sp³-hybridized carbons (Fsp3) is 0.211. The van der Waals surface area contributed by atoms with Gasteiger partial charge in [0.25, 0.3) is 5.91 Å². The van der Waals surface area contributed by atoms with Crippen LogP contribution in [0.2, 0.25) is 0 Å². The number of piperazine rings is 1. The third kappa shape index (κ3) is 4.60. The molecule has 0 radical (unpaired) electrons. The molecule has 0 aromatic heterocycles. The van der Waals surface area contributed by atoms with Crippen molar-refractivity contribution < 1.29 is 9.59 Å². The Morgan fingerprint density at radius 2 is 1.88 bits per heavy atom. The van der Waals surface area contributed by atoms with E-state index in [-0.39, 0.29) is 18.4 Å². The summed E-state index contributed by atoms with van der Waals surface area (Å²) in [6, 6.07) is 16.8. The van der Waals surface area contributed by atoms with E-state index < -0.39 is 0 Å². The lowest BCUT2D eigenvalue weighted by molar-refractivity contribution is -0.123. The van der Waals surface area contributed by atoms with E-state index in [9.17, 15) is 9.59 Å². The third-order valence-corrected chi connectivity index (χ3v) is 4.00. The number of benzene rings is 2. The Hall–Kier alpha value is -3.35. The first-order valence-electron chi connectivity index (χ1n) is 8.39. The van der Waals surface area contributed by atoms with Crippen molar-refractivity contribution in [1.29, 1.82) is 0 Å². The number of nitrogens with zero attached hydrogens (tertiary/aromatic N) is 2. The summed E-state index contributed by atoms with van der Waals surface area (Å²) in [6.45, 7) is 1.53. The molecule has 7 heteroatoms. The minimum absolute atomic E-state index is 0.104. The number of nitrogens with one attached hydrogen (secondary N) is 2. The van der Waals surface area contributed by atoms with E-state index in [1.807, 2.05) is 42.5 Å². The lowest BCUT2D eigenvalue weighted by Crippen LogP contribution is -2.49. The van der Waals surface area contributed by atoms with Gasteiger partial charge in [-0.3, -0.25) is 9.59 Å². The monoisotopic (exact) mass is 351 g/mol. The molecule has 3 rings (SSSR count). The summed E-state index contributed by atoms with van der Waals surface area (Å²) in [5, 5.41) is 5.72. The Kier molecular flexibility index (Phi) is 5.48. The zero-order valence-electron chi connectivity index (χ0n) is 14.3. The van der Waals surface area contributed by atoms with Crippen LogP contribution >= 0.6 is 0 Å². The van der Waals surface area contributed by atoms with Crippen LogP contribution in [0.5, 0.6) is 0 Å². The van der Waals surface area contributed by atoms with Gasteiger partial charge in [-0.05, 0) is 29.8 Å². The lowest BCUT2D eigenvalue weighted by Gasteiger charge is -2.26. The number of amides is 2. The van der Waals surface area contributed by atoms with Crippen molar-refractivity contribution in [2.45, 2.75) is 6.54 Å². The molecule has 1 heterocycles. The van der Waals surface area contributed by atoms with Crippen LogP contribution in [0.3, 0.4) is 0 Å². The Morgan fingerprint density at radius 3 is 2.58 bits per heavy atom. The molecule has 2 aromatic rings. The molecule has 0 aliphatic carbocycles. The molecule has 0 spiro atoms. The summed E-state index contributed by atoms with van der Waals surface area (Å²) in [6.07, 6.45) is 0. The largest absolute Gasteiger partial charge is 0.370 e. The highest BCUT2D eigenvalue weighted by Crippen LogP contribution is 2.10. The first-order valence-corrected chi connectivity index (χ1v) is 8.39. The molecule has 2 amide bonds. The standard InChI is InChI=1S/C19H21N5O2/c20-19(23-16-4-2-1-3-5-16)22-12-14-6-8-15(9-7-14)18(26)24-11-10-21-17(25)13-24/h1-9H,10-13H2,(H,21,25)(H3,20,22,23). The zero-order chi connectivity index (χ0) is 18.4. The van der Waals surface area contributed by atoms with Crippen LogP contribution in [-0.2, 0) is 11.3 Å². The fourth-order valence-electron chi connectivity index (χ4n) is 2.63. The molecule has 0 saturated carbocycles. The molecule has 1 aliphatic heterocycles. The highest BCUT2D eigenvalue weighted by atomic mass is 16.2. The second-order valence-electron chi connectivity index (χ2n) is 5.97. The van der Waals surface area contributed by atoms with Gasteiger partial charge in [0.2, 0.25) is 5.91 Å². The van der Waals surface area contributed by atoms with E-state index in [1.54, 1.807) is 17.0 Å². The van der Waals surface area contributed by atoms with Gasteiger partial charge >= 0.3 is 0 Å². The molecule has 0 atom stereocenters. The Morgan fingerprint density at radius 1 is 1.15 bits per heavy atom. The molecule has 4 N–H and O–H groups in total. The minimum Gasteiger partial charge on any atom is -0.370 e. The molecule has 7 nitrogen and oxygen atoms in total. The molecule has 2 aromatic carbocycles. The number of nitrogens with two attached hydrogens (primary N) is 1. The Labute approximate surface area is 151 Å². The number of hydrogen-bond acceptors (Lipinski definition) is 3. The number of carbonyl (C=O) groups excluding carboxylic acids is 2. The van der Waals surface area contributed by atoms with Gasteiger partial charge in [-0.15, -0.1) is 0 Å². The minimum atomic E-state index is -0.139. The number of hydrogen-bond donors (Lipinski definition) is 3. The molecule has 26 heavy (non-hydrogen) atoms. The second kappa shape index (κ2) is 8.15. The highest BCUT2D eigenvalue weighted by Gasteiger charge is 2.21. The Bertz CT molecular complexity index is 802. The van der Waals surface area contributed by atoms with Crippen molar-refractivity contribution in [1.82, 2.24) is 10.2 Å². The number of para-hydroxylation sites is 1. The quantitative estimate of drug-likeness (QED) is 0.569. The second-order valence-corrected chi connectivity index (χ2v) is 5.97. The highest BCUT2D eigenvalue weighted by molar-refractivity contribution is 5.97. The van der Waals surface area contributed by atoms with Gasteiger partial charge in [-0.25, -0.2) is 4.99 Å². The predicted octanol–water partition coefficient (Wildman–Crippen LogP) is 1.19. The summed E-state index contributed by atoms with van der Waals surface area (Å²) in [7, 11) is 0. The van der Waals surface area contributed by atoms with E-state index in [0.29, 0.717) is 31.2 Å². The summed E-state index contributed by atoms with van der Waals surface area (Å²) in [5.74, 6) is 0.0628. The van der Waals surface area contributed by atoms with E-state index in [4.69, 9.17) is 5.73 Å². The van der Waals surface area contributed by atoms with Gasteiger partial charge in [0.1, 0.15) is 0 Å². The van der Waals surface area contributed by atoms with Crippen molar-refractivity contribution in [3.8, 4) is 0 Å². The first kappa shape index (κ1) is 17.5. The van der Waals surface area contributed by atoms with Crippen molar-refractivity contribution in [3.63, 3.8) is 0 Å². The average molecular weight is 351 g/mol. The van der Waals surface area contributed by atoms with Crippen LogP contribution in [-0.4, -0.2) is 42.3 Å². The lowest BCUT2D eigenvalue weighted by atomic mass is 10.1. The van der Waals surface area contributed by atoms with E-state index in [1.165, 1.54) is 0 Å². The van der Waals surface area contributed by atoms with Gasteiger partial charge in [-0.1, -0.05) is 30.3 Å².